The second-order valence-corrected chi connectivity index (χ2v) is 7.30. The number of amides is 1. The van der Waals surface area contributed by atoms with Gasteiger partial charge in [0.25, 0.3) is 5.91 Å². The van der Waals surface area contributed by atoms with Crippen LogP contribution in [0.25, 0.3) is 11.3 Å². The van der Waals surface area contributed by atoms with Crippen LogP contribution in [0.1, 0.15) is 55.1 Å². The Morgan fingerprint density at radius 2 is 1.96 bits per heavy atom. The fourth-order valence-corrected chi connectivity index (χ4v) is 3.87. The van der Waals surface area contributed by atoms with Crippen molar-refractivity contribution in [2.24, 2.45) is 0 Å². The quantitative estimate of drug-likeness (QED) is 0.902. The highest BCUT2D eigenvalue weighted by Crippen LogP contribution is 2.29. The molecule has 2 fully saturated rings. The van der Waals surface area contributed by atoms with Gasteiger partial charge in [-0.05, 0) is 42.9 Å². The average molecular weight is 324 g/mol. The molecule has 4 heteroatoms. The molecule has 3 atom stereocenters. The van der Waals surface area contributed by atoms with Gasteiger partial charge in [0.15, 0.2) is 5.76 Å². The Morgan fingerprint density at radius 1 is 1.17 bits per heavy atom. The second kappa shape index (κ2) is 6.10. The summed E-state index contributed by atoms with van der Waals surface area (Å²) < 4.78 is 5.79. The summed E-state index contributed by atoms with van der Waals surface area (Å²) >= 11 is 0. The first-order chi connectivity index (χ1) is 11.6. The summed E-state index contributed by atoms with van der Waals surface area (Å²) in [6, 6.07) is 13.2. The van der Waals surface area contributed by atoms with E-state index < -0.39 is 0 Å². The molecule has 0 aliphatic carbocycles. The Hall–Kier alpha value is -2.07. The standard InChI is InChI=1S/C20H24N2O2/c1-12(2)13-3-5-14(6-4-13)18-9-10-19(24-18)20(23)22-17-11-15-7-8-16(17)21-15/h3-6,9-10,12,15-17,21H,7-8,11H2,1-2H3,(H,22,23)/t15-,16+,17-/m1/s1. The maximum atomic E-state index is 12.4. The summed E-state index contributed by atoms with van der Waals surface area (Å²) in [4.78, 5) is 12.4. The number of fused-ring (bicyclic) bond motifs is 2. The fraction of sp³-hybridized carbons (Fsp3) is 0.450. The number of rotatable bonds is 4. The number of hydrogen-bond acceptors (Lipinski definition) is 3. The van der Waals surface area contributed by atoms with Crippen molar-refractivity contribution >= 4 is 5.91 Å². The van der Waals surface area contributed by atoms with Gasteiger partial charge in [-0.15, -0.1) is 0 Å². The van der Waals surface area contributed by atoms with Crippen LogP contribution in [0.2, 0.25) is 0 Å². The van der Waals surface area contributed by atoms with Crippen molar-refractivity contribution < 1.29 is 9.21 Å². The molecule has 2 N–H and O–H groups in total. The van der Waals surface area contributed by atoms with Crippen molar-refractivity contribution in [3.05, 3.63) is 47.7 Å². The van der Waals surface area contributed by atoms with E-state index in [2.05, 4.69) is 48.7 Å². The maximum Gasteiger partial charge on any atom is 0.287 e. The van der Waals surface area contributed by atoms with Crippen molar-refractivity contribution in [1.82, 2.24) is 10.6 Å². The zero-order valence-corrected chi connectivity index (χ0v) is 14.2. The van der Waals surface area contributed by atoms with Crippen LogP contribution in [-0.2, 0) is 0 Å². The Kier molecular flexibility index (Phi) is 3.93. The van der Waals surface area contributed by atoms with Gasteiger partial charge in [0.2, 0.25) is 0 Å². The van der Waals surface area contributed by atoms with Gasteiger partial charge in [0.05, 0.1) is 0 Å². The predicted octanol–water partition coefficient (Wildman–Crippen LogP) is 3.69. The van der Waals surface area contributed by atoms with E-state index in [1.807, 2.05) is 6.07 Å². The first kappa shape index (κ1) is 15.5. The zero-order valence-electron chi connectivity index (χ0n) is 14.2. The monoisotopic (exact) mass is 324 g/mol. The number of nitrogens with one attached hydrogen (secondary N) is 2. The summed E-state index contributed by atoms with van der Waals surface area (Å²) in [6.45, 7) is 4.35. The molecular formula is C20H24N2O2. The SMILES string of the molecule is CC(C)c1ccc(-c2ccc(C(=O)N[C@@H]3C[C@H]4CC[C@@H]3N4)o2)cc1. The van der Waals surface area contributed by atoms with E-state index in [1.54, 1.807) is 6.07 Å². The zero-order chi connectivity index (χ0) is 16.7. The highest BCUT2D eigenvalue weighted by molar-refractivity contribution is 5.92. The Morgan fingerprint density at radius 3 is 2.58 bits per heavy atom. The first-order valence-corrected chi connectivity index (χ1v) is 8.87. The van der Waals surface area contributed by atoms with Crippen molar-refractivity contribution in [1.29, 1.82) is 0 Å². The van der Waals surface area contributed by atoms with Gasteiger partial charge in [0.1, 0.15) is 5.76 Å². The minimum absolute atomic E-state index is 0.112. The molecule has 1 aromatic heterocycles. The first-order valence-electron chi connectivity index (χ1n) is 8.87. The fourth-order valence-electron chi connectivity index (χ4n) is 3.87. The molecule has 4 rings (SSSR count). The van der Waals surface area contributed by atoms with Gasteiger partial charge in [0, 0.05) is 23.7 Å². The Balaban J connectivity index is 1.45. The summed E-state index contributed by atoms with van der Waals surface area (Å²) in [5.74, 6) is 1.52. The molecule has 0 unspecified atom stereocenters. The minimum Gasteiger partial charge on any atom is -0.451 e. The Labute approximate surface area is 142 Å². The molecule has 0 radical (unpaired) electrons. The molecule has 0 saturated carbocycles. The summed E-state index contributed by atoms with van der Waals surface area (Å²) in [7, 11) is 0. The molecule has 2 bridgehead atoms. The van der Waals surface area contributed by atoms with Crippen LogP contribution in [0.3, 0.4) is 0 Å². The highest BCUT2D eigenvalue weighted by Gasteiger charge is 2.39. The van der Waals surface area contributed by atoms with E-state index in [1.165, 1.54) is 12.0 Å². The number of carbonyl (C=O) groups is 1. The van der Waals surface area contributed by atoms with Crippen molar-refractivity contribution in [2.75, 3.05) is 0 Å². The van der Waals surface area contributed by atoms with E-state index in [0.717, 1.165) is 24.2 Å². The van der Waals surface area contributed by atoms with Crippen LogP contribution in [0, 0.1) is 0 Å². The molecular weight excluding hydrogens is 300 g/mol. The van der Waals surface area contributed by atoms with Gasteiger partial charge in [-0.2, -0.15) is 0 Å². The van der Waals surface area contributed by atoms with Crippen molar-refractivity contribution in [3.63, 3.8) is 0 Å². The lowest BCUT2D eigenvalue weighted by atomic mass is 9.95. The lowest BCUT2D eigenvalue weighted by Gasteiger charge is -2.20. The third kappa shape index (κ3) is 2.86. The van der Waals surface area contributed by atoms with E-state index >= 15 is 0 Å². The summed E-state index contributed by atoms with van der Waals surface area (Å²) in [5, 5.41) is 6.65. The van der Waals surface area contributed by atoms with Gasteiger partial charge in [-0.3, -0.25) is 4.79 Å². The molecule has 3 heterocycles. The van der Waals surface area contributed by atoms with Gasteiger partial charge >= 0.3 is 0 Å². The van der Waals surface area contributed by atoms with Crippen LogP contribution in [0.4, 0.5) is 0 Å². The normalized spacial score (nSPS) is 25.4. The lowest BCUT2D eigenvalue weighted by molar-refractivity contribution is 0.0903. The predicted molar refractivity (Wildman–Crippen MR) is 94.0 cm³/mol. The molecule has 4 nitrogen and oxygen atoms in total. The van der Waals surface area contributed by atoms with Crippen LogP contribution >= 0.6 is 0 Å². The maximum absolute atomic E-state index is 12.4. The molecule has 2 aliphatic rings. The number of furan rings is 1. The molecule has 2 saturated heterocycles. The van der Waals surface area contributed by atoms with E-state index in [-0.39, 0.29) is 11.9 Å². The topological polar surface area (TPSA) is 54.3 Å². The van der Waals surface area contributed by atoms with Gasteiger partial charge in [-0.25, -0.2) is 0 Å². The number of benzene rings is 1. The van der Waals surface area contributed by atoms with Gasteiger partial charge in [-0.1, -0.05) is 38.1 Å². The second-order valence-electron chi connectivity index (χ2n) is 7.30. The van der Waals surface area contributed by atoms with E-state index in [0.29, 0.717) is 23.8 Å². The van der Waals surface area contributed by atoms with Crippen LogP contribution in [0.5, 0.6) is 0 Å². The van der Waals surface area contributed by atoms with Crippen LogP contribution in [0.15, 0.2) is 40.8 Å². The summed E-state index contributed by atoms with van der Waals surface area (Å²) in [6.07, 6.45) is 3.41. The van der Waals surface area contributed by atoms with Crippen molar-refractivity contribution in [3.8, 4) is 11.3 Å². The molecule has 24 heavy (non-hydrogen) atoms. The van der Waals surface area contributed by atoms with E-state index in [4.69, 9.17) is 4.42 Å². The van der Waals surface area contributed by atoms with Crippen molar-refractivity contribution in [2.45, 2.75) is 57.2 Å². The minimum atomic E-state index is -0.112. The largest absolute Gasteiger partial charge is 0.451 e. The molecule has 0 spiro atoms. The molecule has 1 aromatic carbocycles. The summed E-state index contributed by atoms with van der Waals surface area (Å²) in [5.41, 5.74) is 2.30. The molecule has 2 aromatic rings. The highest BCUT2D eigenvalue weighted by atomic mass is 16.3. The van der Waals surface area contributed by atoms with Crippen LogP contribution < -0.4 is 10.6 Å². The number of hydrogen-bond donors (Lipinski definition) is 2. The number of carbonyl (C=O) groups excluding carboxylic acids is 1. The average Bonchev–Trinajstić information content (AvgIpc) is 3.31. The van der Waals surface area contributed by atoms with E-state index in [9.17, 15) is 4.79 Å². The smallest absolute Gasteiger partial charge is 0.287 e. The third-order valence-electron chi connectivity index (χ3n) is 5.31. The molecule has 1 amide bonds. The molecule has 126 valence electrons. The third-order valence-corrected chi connectivity index (χ3v) is 5.31. The lowest BCUT2D eigenvalue weighted by Crippen LogP contribution is -2.42. The van der Waals surface area contributed by atoms with Crippen LogP contribution in [-0.4, -0.2) is 24.0 Å². The van der Waals surface area contributed by atoms with Gasteiger partial charge < -0.3 is 15.1 Å². The molecule has 2 aliphatic heterocycles. The Bertz CT molecular complexity index is 732.